The van der Waals surface area contributed by atoms with Gasteiger partial charge < -0.3 is 19.5 Å². The van der Waals surface area contributed by atoms with Gasteiger partial charge >= 0.3 is 0 Å². The van der Waals surface area contributed by atoms with Gasteiger partial charge in [-0.1, -0.05) is 17.7 Å². The fourth-order valence-corrected chi connectivity index (χ4v) is 3.25. The number of halogens is 1. The van der Waals surface area contributed by atoms with Crippen LogP contribution in [0.5, 0.6) is 17.2 Å². The van der Waals surface area contributed by atoms with E-state index in [1.165, 1.54) is 0 Å². The van der Waals surface area contributed by atoms with Gasteiger partial charge in [0.05, 0.1) is 26.4 Å². The Morgan fingerprint density at radius 1 is 1.00 bits per heavy atom. The van der Waals surface area contributed by atoms with Crippen molar-refractivity contribution < 1.29 is 19.0 Å². The van der Waals surface area contributed by atoms with Crippen molar-refractivity contribution in [2.45, 2.75) is 12.3 Å². The van der Waals surface area contributed by atoms with E-state index in [1.54, 1.807) is 27.4 Å². The molecule has 0 saturated heterocycles. The first kappa shape index (κ1) is 16.5. The van der Waals surface area contributed by atoms with Crippen molar-refractivity contribution in [3.63, 3.8) is 0 Å². The van der Waals surface area contributed by atoms with E-state index >= 15 is 0 Å². The smallest absolute Gasteiger partial charge is 0.225 e. The van der Waals surface area contributed by atoms with E-state index < -0.39 is 0 Å². The summed E-state index contributed by atoms with van der Waals surface area (Å²) in [5.74, 6) is 1.64. The number of ether oxygens (including phenoxy) is 3. The van der Waals surface area contributed by atoms with Crippen molar-refractivity contribution in [3.8, 4) is 17.2 Å². The maximum atomic E-state index is 12.1. The summed E-state index contributed by atoms with van der Waals surface area (Å²) >= 11 is 6.25. The van der Waals surface area contributed by atoms with Gasteiger partial charge in [0.1, 0.15) is 5.75 Å². The lowest BCUT2D eigenvalue weighted by molar-refractivity contribution is -0.116. The minimum atomic E-state index is -0.114. The van der Waals surface area contributed by atoms with Crippen LogP contribution in [-0.2, 0) is 4.79 Å². The molecule has 6 heteroatoms. The van der Waals surface area contributed by atoms with Gasteiger partial charge in [-0.25, -0.2) is 0 Å². The quantitative estimate of drug-likeness (QED) is 0.913. The molecular weight excluding hydrogens is 330 g/mol. The maximum absolute atomic E-state index is 12.1. The molecule has 0 radical (unpaired) electrons. The lowest BCUT2D eigenvalue weighted by atomic mass is 9.84. The Balaban J connectivity index is 2.11. The Kier molecular flexibility index (Phi) is 4.53. The lowest BCUT2D eigenvalue weighted by Crippen LogP contribution is -2.23. The molecule has 0 spiro atoms. The highest BCUT2D eigenvalue weighted by molar-refractivity contribution is 6.32. The number of fused-ring (bicyclic) bond motifs is 1. The molecule has 1 atom stereocenters. The first-order chi connectivity index (χ1) is 11.6. The molecule has 3 rings (SSSR count). The van der Waals surface area contributed by atoms with Gasteiger partial charge in [0.25, 0.3) is 0 Å². The molecule has 1 N–H and O–H groups in total. The van der Waals surface area contributed by atoms with Crippen LogP contribution in [0.1, 0.15) is 23.5 Å². The van der Waals surface area contributed by atoms with E-state index in [9.17, 15) is 4.79 Å². The maximum Gasteiger partial charge on any atom is 0.225 e. The van der Waals surface area contributed by atoms with Crippen molar-refractivity contribution in [1.82, 2.24) is 0 Å². The average molecular weight is 348 g/mol. The Bertz CT molecular complexity index is 791. The zero-order chi connectivity index (χ0) is 17.3. The van der Waals surface area contributed by atoms with Gasteiger partial charge in [-0.2, -0.15) is 0 Å². The number of hydrogen-bond acceptors (Lipinski definition) is 4. The topological polar surface area (TPSA) is 56.8 Å². The van der Waals surface area contributed by atoms with Gasteiger partial charge in [-0.15, -0.1) is 0 Å². The third-order valence-corrected chi connectivity index (χ3v) is 4.47. The molecule has 0 aromatic heterocycles. The largest absolute Gasteiger partial charge is 0.495 e. The standard InChI is InChI=1S/C18H18ClNO4/c1-22-15-5-4-10(6-13(15)19)11-8-18(21)20-14-9-17(24-3)16(23-2)7-12(11)14/h4-7,9,11H,8H2,1-3H3,(H,20,21)/t11-/m1/s1. The first-order valence-corrected chi connectivity index (χ1v) is 7.84. The van der Waals surface area contributed by atoms with Crippen LogP contribution in [0.25, 0.3) is 0 Å². The number of methoxy groups -OCH3 is 3. The third-order valence-electron chi connectivity index (χ3n) is 4.17. The van der Waals surface area contributed by atoms with Crippen LogP contribution < -0.4 is 19.5 Å². The monoisotopic (exact) mass is 347 g/mol. The minimum Gasteiger partial charge on any atom is -0.495 e. The van der Waals surface area contributed by atoms with E-state index in [0.29, 0.717) is 28.7 Å². The Labute approximate surface area is 145 Å². The van der Waals surface area contributed by atoms with Gasteiger partial charge in [0.2, 0.25) is 5.91 Å². The molecule has 2 aromatic rings. The molecule has 0 fully saturated rings. The van der Waals surface area contributed by atoms with Crippen molar-refractivity contribution >= 4 is 23.2 Å². The fraction of sp³-hybridized carbons (Fsp3) is 0.278. The molecule has 1 heterocycles. The molecule has 1 aliphatic rings. The molecule has 0 unspecified atom stereocenters. The van der Waals surface area contributed by atoms with Crippen molar-refractivity contribution in [2.75, 3.05) is 26.6 Å². The molecule has 126 valence electrons. The minimum absolute atomic E-state index is 0.0494. The molecule has 24 heavy (non-hydrogen) atoms. The Hall–Kier alpha value is -2.40. The predicted octanol–water partition coefficient (Wildman–Crippen LogP) is 3.84. The van der Waals surface area contributed by atoms with E-state index in [1.807, 2.05) is 24.3 Å². The van der Waals surface area contributed by atoms with Gasteiger partial charge in [-0.3, -0.25) is 4.79 Å². The highest BCUT2D eigenvalue weighted by Gasteiger charge is 2.28. The SMILES string of the molecule is COc1ccc([C@H]2CC(=O)Nc3cc(OC)c(OC)cc32)cc1Cl. The van der Waals surface area contributed by atoms with E-state index in [0.717, 1.165) is 16.8 Å². The molecule has 0 aliphatic carbocycles. The predicted molar refractivity (Wildman–Crippen MR) is 92.6 cm³/mol. The van der Waals surface area contributed by atoms with Crippen LogP contribution in [0.3, 0.4) is 0 Å². The number of hydrogen-bond donors (Lipinski definition) is 1. The van der Waals surface area contributed by atoms with E-state index in [2.05, 4.69) is 5.32 Å². The van der Waals surface area contributed by atoms with E-state index in [-0.39, 0.29) is 11.8 Å². The number of nitrogens with one attached hydrogen (secondary N) is 1. The lowest BCUT2D eigenvalue weighted by Gasteiger charge is -2.27. The molecule has 5 nitrogen and oxygen atoms in total. The second-order valence-electron chi connectivity index (χ2n) is 5.49. The summed E-state index contributed by atoms with van der Waals surface area (Å²) in [6.07, 6.45) is 0.338. The van der Waals surface area contributed by atoms with Crippen molar-refractivity contribution in [3.05, 3.63) is 46.5 Å². The van der Waals surface area contributed by atoms with Crippen LogP contribution in [0.4, 0.5) is 5.69 Å². The third kappa shape index (κ3) is 2.87. The highest BCUT2D eigenvalue weighted by Crippen LogP contribution is 2.44. The number of benzene rings is 2. The second kappa shape index (κ2) is 6.61. The van der Waals surface area contributed by atoms with Crippen LogP contribution in [-0.4, -0.2) is 27.2 Å². The fourth-order valence-electron chi connectivity index (χ4n) is 2.98. The molecule has 2 aromatic carbocycles. The molecule has 1 aliphatic heterocycles. The van der Waals surface area contributed by atoms with Crippen LogP contribution in [0, 0.1) is 0 Å². The van der Waals surface area contributed by atoms with Crippen LogP contribution in [0.2, 0.25) is 5.02 Å². The van der Waals surface area contributed by atoms with Crippen molar-refractivity contribution in [2.24, 2.45) is 0 Å². The summed E-state index contributed by atoms with van der Waals surface area (Å²) in [6, 6.07) is 9.25. The Morgan fingerprint density at radius 2 is 1.67 bits per heavy atom. The van der Waals surface area contributed by atoms with Gasteiger partial charge in [-0.05, 0) is 29.3 Å². The van der Waals surface area contributed by atoms with E-state index in [4.69, 9.17) is 25.8 Å². The number of carbonyl (C=O) groups is 1. The number of rotatable bonds is 4. The number of amides is 1. The second-order valence-corrected chi connectivity index (χ2v) is 5.90. The highest BCUT2D eigenvalue weighted by atomic mass is 35.5. The Morgan fingerprint density at radius 3 is 2.29 bits per heavy atom. The van der Waals surface area contributed by atoms with Gasteiger partial charge in [0.15, 0.2) is 11.5 Å². The average Bonchev–Trinajstić information content (AvgIpc) is 2.59. The zero-order valence-electron chi connectivity index (χ0n) is 13.7. The summed E-state index contributed by atoms with van der Waals surface area (Å²) in [5, 5.41) is 3.41. The normalized spacial score (nSPS) is 16.2. The number of carbonyl (C=O) groups excluding carboxylic acids is 1. The molecular formula is C18H18ClNO4. The van der Waals surface area contributed by atoms with Crippen LogP contribution >= 0.6 is 11.6 Å². The van der Waals surface area contributed by atoms with Crippen molar-refractivity contribution in [1.29, 1.82) is 0 Å². The van der Waals surface area contributed by atoms with Crippen LogP contribution in [0.15, 0.2) is 30.3 Å². The first-order valence-electron chi connectivity index (χ1n) is 7.46. The summed E-state index contributed by atoms with van der Waals surface area (Å²) in [6.45, 7) is 0. The summed E-state index contributed by atoms with van der Waals surface area (Å²) < 4.78 is 15.9. The van der Waals surface area contributed by atoms with Gasteiger partial charge in [0, 0.05) is 24.1 Å². The summed E-state index contributed by atoms with van der Waals surface area (Å²) in [4.78, 5) is 12.1. The summed E-state index contributed by atoms with van der Waals surface area (Å²) in [5.41, 5.74) is 2.64. The molecule has 0 saturated carbocycles. The zero-order valence-corrected chi connectivity index (χ0v) is 14.4. The molecule has 1 amide bonds. The summed E-state index contributed by atoms with van der Waals surface area (Å²) in [7, 11) is 4.72. The molecule has 0 bridgehead atoms. The number of anilines is 1.